The van der Waals surface area contributed by atoms with Crippen molar-refractivity contribution in [3.8, 4) is 52.7 Å². The Morgan fingerprint density at radius 3 is 0.919 bits per heavy atom. The third-order valence-corrected chi connectivity index (χ3v) is 28.9. The van der Waals surface area contributed by atoms with E-state index in [2.05, 4.69) is 121 Å². The minimum Gasteiger partial charge on any atom is -0.478 e. The summed E-state index contributed by atoms with van der Waals surface area (Å²) in [4.78, 5) is 74.0. The average molecular weight is 1740 g/mol. The molecule has 15 heterocycles. The van der Waals surface area contributed by atoms with Crippen LogP contribution in [0.25, 0.3) is 17.5 Å². The van der Waals surface area contributed by atoms with Gasteiger partial charge in [0.1, 0.15) is 17.5 Å². The van der Waals surface area contributed by atoms with Gasteiger partial charge in [-0.3, -0.25) is 14.4 Å². The minimum atomic E-state index is -4.26. The summed E-state index contributed by atoms with van der Waals surface area (Å²) in [7, 11) is -12.8. The van der Waals surface area contributed by atoms with E-state index in [1.807, 2.05) is 0 Å². The van der Waals surface area contributed by atoms with E-state index in [-0.39, 0.29) is 66.0 Å². The smallest absolute Gasteiger partial charge is 0.281 e. The van der Waals surface area contributed by atoms with Crippen molar-refractivity contribution in [1.29, 1.82) is 0 Å². The van der Waals surface area contributed by atoms with Gasteiger partial charge < -0.3 is 43.1 Å². The fourth-order valence-corrected chi connectivity index (χ4v) is 19.8. The number of carbonyl (C=O) groups excluding carboxylic acids is 3. The number of hydrogen-bond acceptors (Lipinski definition) is 27. The van der Waals surface area contributed by atoms with E-state index < -0.39 is 47.8 Å². The first-order chi connectivity index (χ1) is 58.5. The maximum Gasteiger partial charge on any atom is 0.281 e. The van der Waals surface area contributed by atoms with Gasteiger partial charge in [-0.2, -0.15) is 40.2 Å². The van der Waals surface area contributed by atoms with Crippen molar-refractivity contribution in [1.82, 2.24) is 73.4 Å². The van der Waals surface area contributed by atoms with Crippen LogP contribution < -0.4 is 57.3 Å². The van der Waals surface area contributed by atoms with Crippen LogP contribution in [0.1, 0.15) is 209 Å². The van der Waals surface area contributed by atoms with Crippen LogP contribution in [0, 0.1) is 34.0 Å². The van der Waals surface area contributed by atoms with Gasteiger partial charge in [0.05, 0.1) is 56.3 Å². The first-order valence-electron chi connectivity index (χ1n) is 42.5. The van der Waals surface area contributed by atoms with Gasteiger partial charge >= 0.3 is 0 Å². The third kappa shape index (κ3) is 20.1. The summed E-state index contributed by atoms with van der Waals surface area (Å²) >= 11 is 0. The summed E-state index contributed by atoms with van der Waals surface area (Å²) in [6.07, 6.45) is 23.5. The quantitative estimate of drug-likeness (QED) is 0.0858. The molecule has 12 bridgehead atoms. The van der Waals surface area contributed by atoms with Crippen molar-refractivity contribution in [2.75, 3.05) is 74.0 Å². The maximum absolute atomic E-state index is 13.5. The molecule has 0 radical (unpaired) electrons. The average Bonchev–Trinajstić information content (AvgIpc) is 1.73. The molecule has 18 rings (SSSR count). The molecule has 6 aliphatic heterocycles. The Hall–Kier alpha value is -11.0. The summed E-state index contributed by atoms with van der Waals surface area (Å²) in [6.45, 7) is 24.6. The predicted molar refractivity (Wildman–Crippen MR) is 456 cm³/mol. The summed E-state index contributed by atoms with van der Waals surface area (Å²) in [6, 6.07) is 28.7. The van der Waals surface area contributed by atoms with Crippen molar-refractivity contribution in [3.63, 3.8) is 0 Å². The molecule has 123 heavy (non-hydrogen) atoms. The number of pyridine rings is 6. The van der Waals surface area contributed by atoms with E-state index in [1.54, 1.807) is 124 Å². The molecule has 9 aromatic heterocycles. The van der Waals surface area contributed by atoms with Crippen LogP contribution in [0.3, 0.4) is 0 Å². The maximum atomic E-state index is 13.5. The molecule has 0 aromatic carbocycles. The van der Waals surface area contributed by atoms with Crippen molar-refractivity contribution >= 4 is 65.2 Å². The molecule has 36 heteroatoms. The number of anilines is 3. The van der Waals surface area contributed by atoms with Crippen LogP contribution in [-0.4, -0.2) is 178 Å². The molecule has 3 N–H and O–H groups in total. The number of nitrogens with zero attached hydrogens (tertiary/aromatic N) is 15. The number of hydrogen-bond donors (Lipinski definition) is 3. The molecule has 9 aliphatic rings. The molecule has 3 saturated heterocycles. The molecule has 33 nitrogen and oxygen atoms in total. The highest BCUT2D eigenvalue weighted by Crippen LogP contribution is 2.50. The number of nitrogens with one attached hydrogen (secondary N) is 3. The van der Waals surface area contributed by atoms with E-state index in [0.717, 1.165) is 77.0 Å². The monoisotopic (exact) mass is 1740 g/mol. The number of fused-ring (bicyclic) bond motifs is 18. The Kier molecular flexibility index (Phi) is 23.6. The molecule has 3 amide bonds. The first-order valence-corrected chi connectivity index (χ1v) is 46.9. The van der Waals surface area contributed by atoms with E-state index >= 15 is 0 Å². The van der Waals surface area contributed by atoms with Crippen LogP contribution >= 0.6 is 0 Å². The van der Waals surface area contributed by atoms with E-state index in [9.17, 15) is 39.6 Å². The van der Waals surface area contributed by atoms with Crippen molar-refractivity contribution in [2.24, 2.45) is 34.0 Å². The normalized spacial score (nSPS) is 22.5. The van der Waals surface area contributed by atoms with Crippen molar-refractivity contribution < 1.29 is 68.1 Å². The number of amides is 3. The molecular formula is C87H108N18O15S3. The lowest BCUT2D eigenvalue weighted by Gasteiger charge is -2.34. The number of sulfonamides is 3. The molecular weight excluding hydrogens is 1630 g/mol. The predicted octanol–water partition coefficient (Wildman–Crippen LogP) is 12.4. The largest absolute Gasteiger partial charge is 0.478 e. The van der Waals surface area contributed by atoms with Gasteiger partial charge in [0.25, 0.3) is 47.8 Å². The van der Waals surface area contributed by atoms with Crippen LogP contribution in [0.4, 0.5) is 17.5 Å². The topological polar surface area (TPSA) is 386 Å². The Labute approximate surface area is 717 Å². The Balaban J connectivity index is 0.000000137. The van der Waals surface area contributed by atoms with Gasteiger partial charge in [-0.25, -0.2) is 43.2 Å². The molecule has 0 spiro atoms. The van der Waals surface area contributed by atoms with Gasteiger partial charge in [0.15, 0.2) is 32.5 Å². The number of rotatable bonds is 15. The van der Waals surface area contributed by atoms with Crippen molar-refractivity contribution in [2.45, 2.75) is 210 Å². The van der Waals surface area contributed by atoms with E-state index in [0.29, 0.717) is 146 Å². The summed E-state index contributed by atoms with van der Waals surface area (Å²) in [5.41, 5.74) is 0.730. The fourth-order valence-electron chi connectivity index (χ4n) is 17.0. The van der Waals surface area contributed by atoms with Crippen LogP contribution in [0.2, 0.25) is 0 Å². The Bertz CT molecular complexity index is 5250. The molecule has 3 atom stereocenters. The fraction of sp³-hybridized carbons (Fsp3) is 0.517. The van der Waals surface area contributed by atoms with Crippen molar-refractivity contribution in [3.05, 3.63) is 144 Å². The highest BCUT2D eigenvalue weighted by atomic mass is 32.2. The highest BCUT2D eigenvalue weighted by Gasteiger charge is 2.46. The second-order valence-corrected chi connectivity index (χ2v) is 41.7. The van der Waals surface area contributed by atoms with E-state index in [1.165, 1.54) is 56.7 Å². The van der Waals surface area contributed by atoms with E-state index in [4.69, 9.17) is 43.4 Å². The lowest BCUT2D eigenvalue weighted by Crippen LogP contribution is -2.41. The van der Waals surface area contributed by atoms with Gasteiger partial charge in [-0.1, -0.05) is 39.0 Å². The van der Waals surface area contributed by atoms with Crippen LogP contribution in [0.15, 0.2) is 143 Å². The summed E-state index contributed by atoms with van der Waals surface area (Å²) in [5.74, 6) is 3.61. The minimum absolute atomic E-state index is 0.162. The Morgan fingerprint density at radius 1 is 0.374 bits per heavy atom. The molecule has 3 aliphatic carbocycles. The molecule has 3 saturated carbocycles. The third-order valence-electron chi connectivity index (χ3n) is 25.2. The standard InChI is InChI=1S/3C29H36N6O5S/c3*1-28(2)18-20-6-5-16-39-23-7-4-8-25(31-23)41(37,38)33-27(36)21-9-10-22(30-26(21)34(28)19-20)35-15-11-24(32-35)40-17-14-29(3)12-13-29/h3*4,7-11,15,20H,5-6,12-14,16-19H2,1-3H3,(H,33,36). The highest BCUT2D eigenvalue weighted by molar-refractivity contribution is 7.90. The number of ether oxygens (including phenoxy) is 6. The molecule has 9 aromatic rings. The molecule has 6 fully saturated rings. The lowest BCUT2D eigenvalue weighted by atomic mass is 9.93. The first kappa shape index (κ1) is 85.5. The summed E-state index contributed by atoms with van der Waals surface area (Å²) < 4.78 is 125. The Morgan fingerprint density at radius 2 is 0.650 bits per heavy atom. The zero-order valence-corrected chi connectivity index (χ0v) is 73.5. The van der Waals surface area contributed by atoms with Gasteiger partial charge in [-0.05, 0) is 246 Å². The SMILES string of the molecule is CC1(CCOc2ccn(-c3ccc4c(n3)N3CC(CCCOc5cccc(n5)S(=O)(=O)NC4=O)CC3(C)C)n2)CC1.CC1(CCOc2ccn(-c3ccc4c(n3)N3CC(CCCOc5cccc(n5)S(=O)(=O)NC4=O)CC3(C)C)n2)CC1.CC1(CCOc2ccn(-c3ccc4c(n3)N3CC(CCCOc5cccc(n5)S(=O)(=O)NC4=O)CC3(C)C)n2)CC1. The van der Waals surface area contributed by atoms with Crippen LogP contribution in [-0.2, 0) is 30.1 Å². The zero-order valence-electron chi connectivity index (χ0n) is 71.0. The molecule has 654 valence electrons. The van der Waals surface area contributed by atoms with Crippen LogP contribution in [0.5, 0.6) is 35.3 Å². The lowest BCUT2D eigenvalue weighted by molar-refractivity contribution is 0.0972. The zero-order chi connectivity index (χ0) is 86.5. The number of aromatic nitrogens is 12. The second-order valence-electron chi connectivity index (χ2n) is 36.8. The second kappa shape index (κ2) is 33.9. The summed E-state index contributed by atoms with van der Waals surface area (Å²) in [5, 5.41) is 12.8. The van der Waals surface area contributed by atoms with Gasteiger partial charge in [-0.15, -0.1) is 15.3 Å². The molecule has 3 unspecified atom stereocenters. The van der Waals surface area contributed by atoms with Gasteiger partial charge in [0.2, 0.25) is 35.3 Å². The number of carbonyl (C=O) groups is 3. The van der Waals surface area contributed by atoms with Gasteiger partial charge in [0, 0.05) is 91.2 Å².